The molecule has 8 aromatic carbocycles. The number of hydrogen-bond acceptors (Lipinski definition) is 2. The first-order valence-electron chi connectivity index (χ1n) is 21.0. The predicted molar refractivity (Wildman–Crippen MR) is 250 cm³/mol. The summed E-state index contributed by atoms with van der Waals surface area (Å²) in [4.78, 5) is 10.3. The molecule has 0 radical (unpaired) electrons. The number of nitrogens with zero attached hydrogens (tertiary/aromatic N) is 2. The molecule has 0 spiro atoms. The maximum absolute atomic E-state index is 5.18. The second kappa shape index (κ2) is 13.7. The van der Waals surface area contributed by atoms with Crippen molar-refractivity contribution in [1.29, 1.82) is 0 Å². The largest absolute Gasteiger partial charge is 0.228 e. The van der Waals surface area contributed by atoms with Crippen LogP contribution in [0.3, 0.4) is 0 Å². The lowest BCUT2D eigenvalue weighted by atomic mass is 9.79. The van der Waals surface area contributed by atoms with Crippen molar-refractivity contribution < 1.29 is 0 Å². The van der Waals surface area contributed by atoms with E-state index >= 15 is 0 Å². The van der Waals surface area contributed by atoms with Crippen LogP contribution in [0.4, 0.5) is 0 Å². The van der Waals surface area contributed by atoms with E-state index in [1.807, 2.05) is 18.2 Å². The lowest BCUT2D eigenvalue weighted by Gasteiger charge is -2.24. The maximum Gasteiger partial charge on any atom is 0.160 e. The summed E-state index contributed by atoms with van der Waals surface area (Å²) in [6, 6.07) is 70.3. The molecule has 0 saturated heterocycles. The molecule has 286 valence electrons. The third kappa shape index (κ3) is 5.78. The summed E-state index contributed by atoms with van der Waals surface area (Å²) in [6.07, 6.45) is 0. The summed E-state index contributed by atoms with van der Waals surface area (Å²) in [5.41, 5.74) is 23.0. The number of fused-ring (bicyclic) bond motifs is 6. The normalized spacial score (nSPS) is 13.9. The van der Waals surface area contributed by atoms with Gasteiger partial charge in [-0.2, -0.15) is 0 Å². The minimum atomic E-state index is -0.123. The van der Waals surface area contributed by atoms with Crippen molar-refractivity contribution in [2.45, 2.75) is 38.5 Å². The van der Waals surface area contributed by atoms with Crippen molar-refractivity contribution in [3.8, 4) is 89.5 Å². The second-order valence-electron chi connectivity index (χ2n) is 17.4. The van der Waals surface area contributed by atoms with E-state index in [4.69, 9.17) is 9.97 Å². The first-order valence-corrected chi connectivity index (χ1v) is 21.0. The molecule has 0 aliphatic heterocycles. The zero-order chi connectivity index (χ0) is 40.6. The van der Waals surface area contributed by atoms with E-state index in [1.54, 1.807) is 0 Å². The molecule has 0 bridgehead atoms. The molecule has 2 aliphatic rings. The van der Waals surface area contributed by atoms with Gasteiger partial charge in [0.2, 0.25) is 0 Å². The molecule has 0 fully saturated rings. The highest BCUT2D eigenvalue weighted by Gasteiger charge is 2.42. The molecule has 2 nitrogen and oxygen atoms in total. The summed E-state index contributed by atoms with van der Waals surface area (Å²) in [7, 11) is 0. The molecule has 60 heavy (non-hydrogen) atoms. The third-order valence-electron chi connectivity index (χ3n) is 13.1. The molecule has 0 atom stereocenters. The SMILES string of the molecule is CC1(C)c2ccccc2-c2cc3c(cc21)-c1c(-c2cccc(-c4cccc(-c5cc(-c6ccc(-c7ccccc7)cc6)nc(-c6ccccc6)n5)c4)c2)cccc1C3(C)C. The Morgan fingerprint density at radius 2 is 0.750 bits per heavy atom. The van der Waals surface area contributed by atoms with Crippen molar-refractivity contribution >= 4 is 0 Å². The highest BCUT2D eigenvalue weighted by Crippen LogP contribution is 2.57. The zero-order valence-electron chi connectivity index (χ0n) is 34.4. The topological polar surface area (TPSA) is 25.8 Å². The molecule has 9 aromatic rings. The fourth-order valence-electron chi connectivity index (χ4n) is 9.87. The van der Waals surface area contributed by atoms with Crippen LogP contribution in [0.1, 0.15) is 49.9 Å². The standard InChI is InChI=1S/C58H44N2/c1-57(2)49-26-12-11-24-46(49)47-34-52-48(35-51(47)57)55-45(25-15-27-50(55)58(52,3)4)43-22-13-20-41(32-43)42-21-14-23-44(33-42)54-36-53(59-56(60-54)40-18-9-6-10-19-40)39-30-28-38(29-31-39)37-16-7-5-8-17-37/h5-36H,1-4H3. The molecule has 0 amide bonds. The minimum Gasteiger partial charge on any atom is -0.228 e. The molecular weight excluding hydrogens is 725 g/mol. The Kier molecular flexibility index (Phi) is 8.22. The van der Waals surface area contributed by atoms with Crippen LogP contribution in [0, 0.1) is 0 Å². The van der Waals surface area contributed by atoms with Gasteiger partial charge in [0.05, 0.1) is 11.4 Å². The molecule has 0 unspecified atom stereocenters. The van der Waals surface area contributed by atoms with Crippen LogP contribution < -0.4 is 0 Å². The maximum atomic E-state index is 5.18. The number of rotatable bonds is 6. The lowest BCUT2D eigenvalue weighted by Crippen LogP contribution is -2.16. The van der Waals surface area contributed by atoms with Crippen molar-refractivity contribution in [3.63, 3.8) is 0 Å². The van der Waals surface area contributed by atoms with Gasteiger partial charge in [-0.1, -0.05) is 191 Å². The van der Waals surface area contributed by atoms with Gasteiger partial charge in [0, 0.05) is 27.5 Å². The average molecular weight is 769 g/mol. The molecule has 0 N–H and O–H groups in total. The fourth-order valence-corrected chi connectivity index (χ4v) is 9.87. The predicted octanol–water partition coefficient (Wildman–Crippen LogP) is 15.1. The number of aromatic nitrogens is 2. The van der Waals surface area contributed by atoms with Crippen LogP contribution in [-0.4, -0.2) is 9.97 Å². The summed E-state index contributed by atoms with van der Waals surface area (Å²) in [5.74, 6) is 0.710. The van der Waals surface area contributed by atoms with Gasteiger partial charge >= 0.3 is 0 Å². The van der Waals surface area contributed by atoms with Gasteiger partial charge < -0.3 is 0 Å². The van der Waals surface area contributed by atoms with E-state index in [-0.39, 0.29) is 10.8 Å². The Hall–Kier alpha value is -7.16. The Morgan fingerprint density at radius 1 is 0.283 bits per heavy atom. The number of benzene rings is 8. The van der Waals surface area contributed by atoms with Crippen LogP contribution >= 0.6 is 0 Å². The molecule has 2 aliphatic carbocycles. The Balaban J connectivity index is 0.988. The van der Waals surface area contributed by atoms with Crippen LogP contribution in [0.15, 0.2) is 194 Å². The highest BCUT2D eigenvalue weighted by molar-refractivity contribution is 5.96. The fraction of sp³-hybridized carbons (Fsp3) is 0.103. The molecule has 1 heterocycles. The Labute approximate surface area is 353 Å². The van der Waals surface area contributed by atoms with E-state index < -0.39 is 0 Å². The quantitative estimate of drug-likeness (QED) is 0.168. The molecular formula is C58H44N2. The van der Waals surface area contributed by atoms with Crippen LogP contribution in [-0.2, 0) is 10.8 Å². The van der Waals surface area contributed by atoms with Gasteiger partial charge in [0.25, 0.3) is 0 Å². The number of hydrogen-bond donors (Lipinski definition) is 0. The first kappa shape index (κ1) is 36.0. The zero-order valence-corrected chi connectivity index (χ0v) is 34.4. The van der Waals surface area contributed by atoms with E-state index in [1.165, 1.54) is 72.3 Å². The van der Waals surface area contributed by atoms with Crippen molar-refractivity contribution in [1.82, 2.24) is 9.97 Å². The van der Waals surface area contributed by atoms with Gasteiger partial charge in [0.1, 0.15) is 0 Å². The van der Waals surface area contributed by atoms with Gasteiger partial charge in [-0.15, -0.1) is 0 Å². The van der Waals surface area contributed by atoms with Gasteiger partial charge in [-0.25, -0.2) is 9.97 Å². The summed E-state index contributed by atoms with van der Waals surface area (Å²) in [5, 5.41) is 0. The van der Waals surface area contributed by atoms with E-state index in [9.17, 15) is 0 Å². The summed E-state index contributed by atoms with van der Waals surface area (Å²) < 4.78 is 0. The Bertz CT molecular complexity index is 3120. The van der Waals surface area contributed by atoms with E-state index in [2.05, 4.69) is 204 Å². The monoisotopic (exact) mass is 768 g/mol. The minimum absolute atomic E-state index is 0.0625. The summed E-state index contributed by atoms with van der Waals surface area (Å²) in [6.45, 7) is 9.54. The second-order valence-corrected chi connectivity index (χ2v) is 17.4. The van der Waals surface area contributed by atoms with Gasteiger partial charge in [-0.3, -0.25) is 0 Å². The molecule has 2 heteroatoms. The van der Waals surface area contributed by atoms with Crippen molar-refractivity contribution in [2.75, 3.05) is 0 Å². The van der Waals surface area contributed by atoms with Crippen molar-refractivity contribution in [3.05, 3.63) is 216 Å². The van der Waals surface area contributed by atoms with E-state index in [0.717, 1.165) is 33.6 Å². The van der Waals surface area contributed by atoms with E-state index in [0.29, 0.717) is 5.82 Å². The summed E-state index contributed by atoms with van der Waals surface area (Å²) >= 11 is 0. The molecule has 1 aromatic heterocycles. The third-order valence-corrected chi connectivity index (χ3v) is 13.1. The molecule has 11 rings (SSSR count). The lowest BCUT2D eigenvalue weighted by molar-refractivity contribution is 0.652. The first-order chi connectivity index (χ1) is 29.2. The van der Waals surface area contributed by atoms with Crippen LogP contribution in [0.2, 0.25) is 0 Å². The molecule has 0 saturated carbocycles. The van der Waals surface area contributed by atoms with Crippen LogP contribution in [0.25, 0.3) is 89.5 Å². The van der Waals surface area contributed by atoms with Gasteiger partial charge in [-0.05, 0) is 108 Å². The van der Waals surface area contributed by atoms with Crippen molar-refractivity contribution in [2.24, 2.45) is 0 Å². The highest BCUT2D eigenvalue weighted by atomic mass is 14.9. The Morgan fingerprint density at radius 3 is 1.48 bits per heavy atom. The smallest absolute Gasteiger partial charge is 0.160 e. The van der Waals surface area contributed by atoms with Crippen LogP contribution in [0.5, 0.6) is 0 Å². The average Bonchev–Trinajstić information content (AvgIpc) is 3.68. The van der Waals surface area contributed by atoms with Gasteiger partial charge in [0.15, 0.2) is 5.82 Å².